The highest BCUT2D eigenvalue weighted by atomic mass is 16.6. The molecule has 1 aromatic heterocycles. The van der Waals surface area contributed by atoms with Gasteiger partial charge in [-0.05, 0) is 47.7 Å². The number of alkyl carbamates (subject to hydrolysis) is 1. The summed E-state index contributed by atoms with van der Waals surface area (Å²) in [5.74, 6) is 0. The zero-order valence-electron chi connectivity index (χ0n) is 13.6. The number of hydrogen-bond acceptors (Lipinski definition) is 4. The third kappa shape index (κ3) is 4.20. The van der Waals surface area contributed by atoms with Gasteiger partial charge in [-0.1, -0.05) is 0 Å². The molecule has 1 aliphatic rings. The van der Waals surface area contributed by atoms with Gasteiger partial charge in [-0.25, -0.2) is 9.78 Å². The van der Waals surface area contributed by atoms with Crippen molar-refractivity contribution in [3.8, 4) is 0 Å². The van der Waals surface area contributed by atoms with Gasteiger partial charge in [0.1, 0.15) is 5.60 Å². The quantitative estimate of drug-likeness (QED) is 0.929. The molecular formula is C15H26N4O2. The second kappa shape index (κ2) is 6.05. The van der Waals surface area contributed by atoms with E-state index in [1.807, 2.05) is 40.2 Å². The first kappa shape index (κ1) is 15.8. The van der Waals surface area contributed by atoms with E-state index < -0.39 is 11.7 Å². The normalized spacial score (nSPS) is 21.3. The highest BCUT2D eigenvalue weighted by molar-refractivity contribution is 5.68. The topological polar surface area (TPSA) is 59.4 Å². The van der Waals surface area contributed by atoms with Gasteiger partial charge in [0.2, 0.25) is 0 Å². The molecule has 2 rings (SSSR count). The molecular weight excluding hydrogens is 268 g/mol. The van der Waals surface area contributed by atoms with Crippen LogP contribution in [0.2, 0.25) is 0 Å². The number of amides is 1. The summed E-state index contributed by atoms with van der Waals surface area (Å²) in [6.07, 6.45) is 4.39. The van der Waals surface area contributed by atoms with E-state index in [1.54, 1.807) is 0 Å². The Bertz CT molecular complexity index is 492. The number of likely N-dealkylation sites (N-methyl/N-ethyl adjacent to an activating group) is 1. The van der Waals surface area contributed by atoms with Crippen LogP contribution in [0.1, 0.15) is 51.9 Å². The lowest BCUT2D eigenvalue weighted by atomic mass is 10.2. The molecule has 2 unspecified atom stereocenters. The van der Waals surface area contributed by atoms with E-state index in [9.17, 15) is 4.79 Å². The lowest BCUT2D eigenvalue weighted by molar-refractivity contribution is 0.0506. The smallest absolute Gasteiger partial charge is 0.408 e. The SMILES string of the molecule is CC(NC(=O)OC(C)(C)C)c1cncn1C1CCN(C)C1. The van der Waals surface area contributed by atoms with Crippen LogP contribution in [0, 0.1) is 0 Å². The van der Waals surface area contributed by atoms with Crippen molar-refractivity contribution >= 4 is 6.09 Å². The number of carbonyl (C=O) groups excluding carboxylic acids is 1. The van der Waals surface area contributed by atoms with E-state index in [-0.39, 0.29) is 6.04 Å². The Morgan fingerprint density at radius 3 is 2.81 bits per heavy atom. The van der Waals surface area contributed by atoms with E-state index in [2.05, 4.69) is 26.8 Å². The minimum absolute atomic E-state index is 0.131. The Morgan fingerprint density at radius 1 is 1.52 bits per heavy atom. The molecule has 1 aliphatic heterocycles. The van der Waals surface area contributed by atoms with E-state index in [0.29, 0.717) is 6.04 Å². The summed E-state index contributed by atoms with van der Waals surface area (Å²) < 4.78 is 7.47. The van der Waals surface area contributed by atoms with E-state index in [0.717, 1.165) is 25.2 Å². The standard InChI is InChI=1S/C15H26N4O2/c1-11(17-14(20)21-15(2,3)4)13-8-16-10-19(13)12-6-7-18(5)9-12/h8,10-12H,6-7,9H2,1-5H3,(H,17,20). The third-order valence-corrected chi connectivity index (χ3v) is 3.63. The van der Waals surface area contributed by atoms with Gasteiger partial charge in [0.25, 0.3) is 0 Å². The molecule has 21 heavy (non-hydrogen) atoms. The second-order valence-electron chi connectivity index (χ2n) is 6.80. The molecule has 0 aromatic carbocycles. The van der Waals surface area contributed by atoms with E-state index in [4.69, 9.17) is 4.74 Å². The van der Waals surface area contributed by atoms with E-state index in [1.165, 1.54) is 0 Å². The summed E-state index contributed by atoms with van der Waals surface area (Å²) >= 11 is 0. The summed E-state index contributed by atoms with van der Waals surface area (Å²) in [5, 5.41) is 2.88. The monoisotopic (exact) mass is 294 g/mol. The molecule has 118 valence electrons. The van der Waals surface area contributed by atoms with Crippen LogP contribution in [0.4, 0.5) is 4.79 Å². The Hall–Kier alpha value is -1.56. The van der Waals surface area contributed by atoms with Gasteiger partial charge in [0, 0.05) is 12.6 Å². The first-order valence-electron chi connectivity index (χ1n) is 7.46. The number of nitrogens with zero attached hydrogens (tertiary/aromatic N) is 3. The van der Waals surface area contributed by atoms with Crippen LogP contribution < -0.4 is 5.32 Å². The molecule has 0 radical (unpaired) electrons. The number of hydrogen-bond donors (Lipinski definition) is 1. The summed E-state index contributed by atoms with van der Waals surface area (Å²) in [4.78, 5) is 18.4. The molecule has 1 fully saturated rings. The molecule has 0 aliphatic carbocycles. The Balaban J connectivity index is 2.02. The zero-order chi connectivity index (χ0) is 15.6. The van der Waals surface area contributed by atoms with Crippen LogP contribution in [-0.2, 0) is 4.74 Å². The lowest BCUT2D eigenvalue weighted by Gasteiger charge is -2.23. The lowest BCUT2D eigenvalue weighted by Crippen LogP contribution is -2.35. The molecule has 0 bridgehead atoms. The maximum absolute atomic E-state index is 11.9. The predicted octanol–water partition coefficient (Wildman–Crippen LogP) is 2.35. The number of imidazole rings is 1. The Kier molecular flexibility index (Phi) is 4.56. The Labute approximate surface area is 126 Å². The van der Waals surface area contributed by atoms with Gasteiger partial charge in [-0.3, -0.25) is 0 Å². The fraction of sp³-hybridized carbons (Fsp3) is 0.733. The molecule has 6 heteroatoms. The number of rotatable bonds is 3. The number of likely N-dealkylation sites (tertiary alicyclic amines) is 1. The average Bonchev–Trinajstić information content (AvgIpc) is 2.93. The fourth-order valence-electron chi connectivity index (χ4n) is 2.65. The first-order valence-corrected chi connectivity index (χ1v) is 7.46. The molecule has 2 heterocycles. The molecule has 2 atom stereocenters. The third-order valence-electron chi connectivity index (χ3n) is 3.63. The van der Waals surface area contributed by atoms with Crippen LogP contribution in [0.5, 0.6) is 0 Å². The maximum Gasteiger partial charge on any atom is 0.408 e. The van der Waals surface area contributed by atoms with Crippen molar-refractivity contribution in [1.82, 2.24) is 19.8 Å². The number of aromatic nitrogens is 2. The van der Waals surface area contributed by atoms with Crippen molar-refractivity contribution in [2.45, 2.75) is 51.8 Å². The summed E-state index contributed by atoms with van der Waals surface area (Å²) in [7, 11) is 2.12. The van der Waals surface area contributed by atoms with Crippen molar-refractivity contribution in [3.63, 3.8) is 0 Å². The van der Waals surface area contributed by atoms with E-state index >= 15 is 0 Å². The second-order valence-corrected chi connectivity index (χ2v) is 6.80. The Morgan fingerprint density at radius 2 is 2.24 bits per heavy atom. The van der Waals surface area contributed by atoms with Gasteiger partial charge in [-0.15, -0.1) is 0 Å². The molecule has 1 N–H and O–H groups in total. The highest BCUT2D eigenvalue weighted by Crippen LogP contribution is 2.24. The summed E-state index contributed by atoms with van der Waals surface area (Å²) in [6, 6.07) is 0.295. The zero-order valence-corrected chi connectivity index (χ0v) is 13.6. The van der Waals surface area contributed by atoms with Crippen molar-refractivity contribution in [1.29, 1.82) is 0 Å². The molecule has 1 saturated heterocycles. The van der Waals surface area contributed by atoms with Crippen LogP contribution in [0.3, 0.4) is 0 Å². The average molecular weight is 294 g/mol. The molecule has 0 saturated carbocycles. The number of nitrogens with one attached hydrogen (secondary N) is 1. The van der Waals surface area contributed by atoms with Gasteiger partial charge < -0.3 is 19.5 Å². The van der Waals surface area contributed by atoms with Gasteiger partial charge in [0.15, 0.2) is 0 Å². The summed E-state index contributed by atoms with van der Waals surface area (Å²) in [6.45, 7) is 9.64. The van der Waals surface area contributed by atoms with Gasteiger partial charge in [-0.2, -0.15) is 0 Å². The minimum atomic E-state index is -0.488. The molecule has 1 aromatic rings. The summed E-state index contributed by atoms with van der Waals surface area (Å²) in [5.41, 5.74) is 0.527. The number of carbonyl (C=O) groups is 1. The van der Waals surface area contributed by atoms with Crippen LogP contribution in [-0.4, -0.2) is 46.3 Å². The van der Waals surface area contributed by atoms with Crippen LogP contribution in [0.25, 0.3) is 0 Å². The van der Waals surface area contributed by atoms with Crippen molar-refractivity contribution in [2.75, 3.05) is 20.1 Å². The van der Waals surface area contributed by atoms with Crippen molar-refractivity contribution < 1.29 is 9.53 Å². The largest absolute Gasteiger partial charge is 0.444 e. The first-order chi connectivity index (χ1) is 9.76. The maximum atomic E-state index is 11.9. The molecule has 0 spiro atoms. The van der Waals surface area contributed by atoms with Crippen molar-refractivity contribution in [3.05, 3.63) is 18.2 Å². The number of ether oxygens (including phenoxy) is 1. The molecule has 6 nitrogen and oxygen atoms in total. The fourth-order valence-corrected chi connectivity index (χ4v) is 2.65. The van der Waals surface area contributed by atoms with Gasteiger partial charge >= 0.3 is 6.09 Å². The van der Waals surface area contributed by atoms with Crippen molar-refractivity contribution in [2.24, 2.45) is 0 Å². The molecule has 1 amide bonds. The minimum Gasteiger partial charge on any atom is -0.444 e. The highest BCUT2D eigenvalue weighted by Gasteiger charge is 2.25. The predicted molar refractivity (Wildman–Crippen MR) is 81.2 cm³/mol. The van der Waals surface area contributed by atoms with Crippen LogP contribution in [0.15, 0.2) is 12.5 Å². The van der Waals surface area contributed by atoms with Crippen LogP contribution >= 0.6 is 0 Å². The van der Waals surface area contributed by atoms with Gasteiger partial charge in [0.05, 0.1) is 24.3 Å².